The van der Waals surface area contributed by atoms with E-state index in [1.54, 1.807) is 0 Å². The minimum atomic E-state index is 0. The number of halogens is 1. The van der Waals surface area contributed by atoms with Gasteiger partial charge in [-0.3, -0.25) is 0 Å². The molecular formula is C22H33BrN2. The van der Waals surface area contributed by atoms with Crippen LogP contribution in [0.3, 0.4) is 0 Å². The lowest BCUT2D eigenvalue weighted by Crippen LogP contribution is -2.01. The van der Waals surface area contributed by atoms with E-state index in [9.17, 15) is 0 Å². The zero-order valence-corrected chi connectivity index (χ0v) is 17.0. The van der Waals surface area contributed by atoms with E-state index in [4.69, 9.17) is 0 Å². The van der Waals surface area contributed by atoms with Crippen molar-refractivity contribution in [3.63, 3.8) is 0 Å². The number of hydrogen-bond donors (Lipinski definition) is 2. The number of benzene rings is 2. The van der Waals surface area contributed by atoms with Gasteiger partial charge in [0.05, 0.1) is 0 Å². The van der Waals surface area contributed by atoms with Gasteiger partial charge < -0.3 is 10.6 Å². The second-order valence-corrected chi connectivity index (χ2v) is 6.41. The Balaban J connectivity index is 0.00000312. The lowest BCUT2D eigenvalue weighted by atomic mass is 10.1. The van der Waals surface area contributed by atoms with Crippen LogP contribution in [0.2, 0.25) is 0 Å². The van der Waals surface area contributed by atoms with Gasteiger partial charge in [-0.2, -0.15) is 0 Å². The Labute approximate surface area is 164 Å². The number of rotatable bonds is 13. The van der Waals surface area contributed by atoms with E-state index in [2.05, 4.69) is 71.3 Å². The molecule has 0 atom stereocenters. The van der Waals surface area contributed by atoms with Gasteiger partial charge in [0.15, 0.2) is 0 Å². The van der Waals surface area contributed by atoms with Crippen LogP contribution in [0, 0.1) is 0 Å². The van der Waals surface area contributed by atoms with Gasteiger partial charge >= 0.3 is 0 Å². The van der Waals surface area contributed by atoms with Crippen molar-refractivity contribution in [3.05, 3.63) is 60.7 Å². The number of anilines is 2. The van der Waals surface area contributed by atoms with Crippen LogP contribution in [0.1, 0.15) is 51.4 Å². The van der Waals surface area contributed by atoms with Crippen molar-refractivity contribution >= 4 is 28.4 Å². The highest BCUT2D eigenvalue weighted by Crippen LogP contribution is 2.11. The van der Waals surface area contributed by atoms with E-state index in [0.717, 1.165) is 13.1 Å². The molecule has 2 N–H and O–H groups in total. The lowest BCUT2D eigenvalue weighted by molar-refractivity contribution is 0.577. The average Bonchev–Trinajstić information content (AvgIpc) is 2.64. The van der Waals surface area contributed by atoms with Crippen LogP contribution in [-0.2, 0) is 0 Å². The summed E-state index contributed by atoms with van der Waals surface area (Å²) in [5.74, 6) is 0. The maximum absolute atomic E-state index is 3.48. The SMILES string of the molecule is Br.c1ccc(NCCCCCCCCCCNc2ccccc2)cc1. The van der Waals surface area contributed by atoms with Gasteiger partial charge in [0.1, 0.15) is 0 Å². The minimum absolute atomic E-state index is 0. The number of hydrogen-bond acceptors (Lipinski definition) is 2. The number of para-hydroxylation sites is 2. The smallest absolute Gasteiger partial charge is 0.0340 e. The van der Waals surface area contributed by atoms with Crippen LogP contribution >= 0.6 is 17.0 Å². The van der Waals surface area contributed by atoms with Gasteiger partial charge in [-0.25, -0.2) is 0 Å². The van der Waals surface area contributed by atoms with Gasteiger partial charge in [-0.1, -0.05) is 74.9 Å². The fourth-order valence-corrected chi connectivity index (χ4v) is 2.89. The maximum atomic E-state index is 3.48. The van der Waals surface area contributed by atoms with Crippen LogP contribution in [0.4, 0.5) is 11.4 Å². The summed E-state index contributed by atoms with van der Waals surface area (Å²) in [6, 6.07) is 21.0. The monoisotopic (exact) mass is 404 g/mol. The highest BCUT2D eigenvalue weighted by Gasteiger charge is 1.94. The molecule has 2 aromatic carbocycles. The Morgan fingerprint density at radius 3 is 1.12 bits per heavy atom. The van der Waals surface area contributed by atoms with Gasteiger partial charge in [-0.15, -0.1) is 17.0 Å². The van der Waals surface area contributed by atoms with E-state index in [1.807, 2.05) is 0 Å². The Hall–Kier alpha value is -1.48. The summed E-state index contributed by atoms with van der Waals surface area (Å²) in [4.78, 5) is 0. The van der Waals surface area contributed by atoms with Gasteiger partial charge in [-0.05, 0) is 37.1 Å². The average molecular weight is 405 g/mol. The summed E-state index contributed by atoms with van der Waals surface area (Å²) < 4.78 is 0. The molecule has 0 aromatic heterocycles. The summed E-state index contributed by atoms with van der Waals surface area (Å²) in [6.07, 6.45) is 10.8. The number of nitrogens with one attached hydrogen (secondary N) is 2. The van der Waals surface area contributed by atoms with E-state index >= 15 is 0 Å². The van der Waals surface area contributed by atoms with Gasteiger partial charge in [0, 0.05) is 24.5 Å². The predicted molar refractivity (Wildman–Crippen MR) is 117 cm³/mol. The number of unbranched alkanes of at least 4 members (excludes halogenated alkanes) is 7. The van der Waals surface area contributed by atoms with Crippen molar-refractivity contribution in [2.75, 3.05) is 23.7 Å². The van der Waals surface area contributed by atoms with Crippen molar-refractivity contribution < 1.29 is 0 Å². The summed E-state index contributed by atoms with van der Waals surface area (Å²) in [5, 5.41) is 6.95. The van der Waals surface area contributed by atoms with Crippen molar-refractivity contribution in [2.24, 2.45) is 0 Å². The van der Waals surface area contributed by atoms with Gasteiger partial charge in [0.2, 0.25) is 0 Å². The molecule has 0 heterocycles. The third-order valence-corrected chi connectivity index (χ3v) is 4.31. The largest absolute Gasteiger partial charge is 0.385 e. The van der Waals surface area contributed by atoms with E-state index in [-0.39, 0.29) is 17.0 Å². The van der Waals surface area contributed by atoms with Crippen LogP contribution in [-0.4, -0.2) is 13.1 Å². The first kappa shape index (κ1) is 21.6. The molecule has 3 heteroatoms. The van der Waals surface area contributed by atoms with Crippen molar-refractivity contribution in [1.82, 2.24) is 0 Å². The molecule has 0 aliphatic heterocycles. The molecule has 0 fully saturated rings. The second kappa shape index (κ2) is 14.8. The molecule has 2 nitrogen and oxygen atoms in total. The van der Waals surface area contributed by atoms with Crippen LogP contribution in [0.5, 0.6) is 0 Å². The van der Waals surface area contributed by atoms with Crippen LogP contribution in [0.15, 0.2) is 60.7 Å². The third-order valence-electron chi connectivity index (χ3n) is 4.31. The molecule has 0 bridgehead atoms. The van der Waals surface area contributed by atoms with Crippen molar-refractivity contribution in [3.8, 4) is 0 Å². The molecule has 0 aliphatic carbocycles. The first-order chi connectivity index (χ1) is 11.9. The molecule has 0 radical (unpaired) electrons. The summed E-state index contributed by atoms with van der Waals surface area (Å²) in [6.45, 7) is 2.18. The molecule has 0 spiro atoms. The topological polar surface area (TPSA) is 24.1 Å². The van der Waals surface area contributed by atoms with Crippen LogP contribution < -0.4 is 10.6 Å². The van der Waals surface area contributed by atoms with E-state index in [1.165, 1.54) is 62.7 Å². The summed E-state index contributed by atoms with van der Waals surface area (Å²) in [5.41, 5.74) is 2.48. The highest BCUT2D eigenvalue weighted by molar-refractivity contribution is 8.93. The first-order valence-electron chi connectivity index (χ1n) is 9.53. The quantitative estimate of drug-likeness (QED) is 0.354. The normalized spacial score (nSPS) is 10.1. The molecule has 0 aliphatic rings. The molecule has 2 rings (SSSR count). The lowest BCUT2D eigenvalue weighted by Gasteiger charge is -2.07. The molecular weight excluding hydrogens is 372 g/mol. The molecule has 138 valence electrons. The van der Waals surface area contributed by atoms with Crippen molar-refractivity contribution in [2.45, 2.75) is 51.4 Å². The van der Waals surface area contributed by atoms with Crippen molar-refractivity contribution in [1.29, 1.82) is 0 Å². The molecule has 25 heavy (non-hydrogen) atoms. The molecule has 0 saturated carbocycles. The molecule has 0 unspecified atom stereocenters. The zero-order chi connectivity index (χ0) is 16.7. The Morgan fingerprint density at radius 1 is 0.440 bits per heavy atom. The van der Waals surface area contributed by atoms with E-state index < -0.39 is 0 Å². The molecule has 2 aromatic rings. The Bertz CT molecular complexity index is 467. The zero-order valence-electron chi connectivity index (χ0n) is 15.3. The third kappa shape index (κ3) is 10.9. The fourth-order valence-electron chi connectivity index (χ4n) is 2.89. The summed E-state index contributed by atoms with van der Waals surface area (Å²) in [7, 11) is 0. The predicted octanol–water partition coefficient (Wildman–Crippen LogP) is 6.91. The maximum Gasteiger partial charge on any atom is 0.0340 e. The summed E-state index contributed by atoms with van der Waals surface area (Å²) >= 11 is 0. The Morgan fingerprint density at radius 2 is 0.760 bits per heavy atom. The fraction of sp³-hybridized carbons (Fsp3) is 0.455. The minimum Gasteiger partial charge on any atom is -0.385 e. The first-order valence-corrected chi connectivity index (χ1v) is 9.53. The molecule has 0 amide bonds. The van der Waals surface area contributed by atoms with E-state index in [0.29, 0.717) is 0 Å². The van der Waals surface area contributed by atoms with Gasteiger partial charge in [0.25, 0.3) is 0 Å². The highest BCUT2D eigenvalue weighted by atomic mass is 79.9. The Kier molecular flexibility index (Phi) is 12.8. The van der Waals surface area contributed by atoms with Crippen LogP contribution in [0.25, 0.3) is 0 Å². The standard InChI is InChI=1S/C22H32N2.BrH/c1(3-5-13-19-23-21-15-9-7-10-16-21)2-4-6-14-20-24-22-17-11-8-12-18-22;/h7-12,15-18,23-24H,1-6,13-14,19-20H2;1H. The molecule has 0 saturated heterocycles. The second-order valence-electron chi connectivity index (χ2n) is 6.41.